The van der Waals surface area contributed by atoms with E-state index in [1.165, 1.54) is 43.9 Å². The lowest BCUT2D eigenvalue weighted by Gasteiger charge is -2.07. The maximum Gasteiger partial charge on any atom is 0.224 e. The quantitative estimate of drug-likeness (QED) is 0.480. The molecule has 0 saturated carbocycles. The molecule has 0 aliphatic heterocycles. The van der Waals surface area contributed by atoms with E-state index in [9.17, 15) is 15.0 Å². The molecule has 0 fully saturated rings. The molecule has 0 bridgehead atoms. The number of phenols is 2. The van der Waals surface area contributed by atoms with Gasteiger partial charge in [-0.25, -0.2) is 0 Å². The zero-order valence-corrected chi connectivity index (χ0v) is 12.2. The van der Waals surface area contributed by atoms with Gasteiger partial charge in [-0.15, -0.1) is 0 Å². The number of benzene rings is 1. The zero-order valence-electron chi connectivity index (χ0n) is 12.2. The summed E-state index contributed by atoms with van der Waals surface area (Å²) < 4.78 is 0. The molecule has 0 saturated heterocycles. The highest BCUT2D eigenvalue weighted by Crippen LogP contribution is 2.22. The van der Waals surface area contributed by atoms with E-state index in [-0.39, 0.29) is 23.8 Å². The maximum atomic E-state index is 11.7. The van der Waals surface area contributed by atoms with Crippen LogP contribution in [0.4, 0.5) is 0 Å². The topological polar surface area (TPSA) is 69.6 Å². The van der Waals surface area contributed by atoms with Gasteiger partial charge in [0.05, 0.1) is 6.42 Å². The molecule has 0 aromatic heterocycles. The Morgan fingerprint density at radius 2 is 1.80 bits per heavy atom. The highest BCUT2D eigenvalue weighted by Gasteiger charge is 2.08. The van der Waals surface area contributed by atoms with Crippen LogP contribution in [0.5, 0.6) is 11.5 Å². The first kappa shape index (κ1) is 16.3. The smallest absolute Gasteiger partial charge is 0.224 e. The monoisotopic (exact) mass is 279 g/mol. The fourth-order valence-corrected chi connectivity index (χ4v) is 2.08. The molecule has 0 radical (unpaired) electrons. The van der Waals surface area contributed by atoms with Gasteiger partial charge in [-0.2, -0.15) is 0 Å². The van der Waals surface area contributed by atoms with Crippen molar-refractivity contribution in [1.29, 1.82) is 0 Å². The molecule has 112 valence electrons. The van der Waals surface area contributed by atoms with E-state index in [0.29, 0.717) is 12.1 Å². The Morgan fingerprint density at radius 3 is 2.55 bits per heavy atom. The van der Waals surface area contributed by atoms with Crippen LogP contribution in [0.2, 0.25) is 0 Å². The summed E-state index contributed by atoms with van der Waals surface area (Å²) in [7, 11) is 0. The van der Waals surface area contributed by atoms with Crippen LogP contribution in [-0.4, -0.2) is 22.7 Å². The third-order valence-corrected chi connectivity index (χ3v) is 3.27. The van der Waals surface area contributed by atoms with Crippen molar-refractivity contribution < 1.29 is 15.0 Å². The number of unbranched alkanes of at least 4 members (excludes halogenated alkanes) is 5. The van der Waals surface area contributed by atoms with Gasteiger partial charge in [0.2, 0.25) is 5.91 Å². The van der Waals surface area contributed by atoms with Crippen molar-refractivity contribution in [2.45, 2.75) is 51.9 Å². The summed E-state index contributed by atoms with van der Waals surface area (Å²) in [6.45, 7) is 2.86. The van der Waals surface area contributed by atoms with Gasteiger partial charge >= 0.3 is 0 Å². The highest BCUT2D eigenvalue weighted by molar-refractivity contribution is 5.79. The van der Waals surface area contributed by atoms with Crippen molar-refractivity contribution >= 4 is 5.91 Å². The predicted molar refractivity (Wildman–Crippen MR) is 79.9 cm³/mol. The van der Waals surface area contributed by atoms with Crippen molar-refractivity contribution in [3.8, 4) is 11.5 Å². The minimum absolute atomic E-state index is 0.0394. The normalized spacial score (nSPS) is 10.4. The SMILES string of the molecule is CCCCCCCCNC(=O)Cc1cc(O)ccc1O. The van der Waals surface area contributed by atoms with E-state index in [2.05, 4.69) is 12.2 Å². The van der Waals surface area contributed by atoms with E-state index >= 15 is 0 Å². The molecule has 3 N–H and O–H groups in total. The predicted octanol–water partition coefficient (Wildman–Crippen LogP) is 3.12. The number of amides is 1. The summed E-state index contributed by atoms with van der Waals surface area (Å²) in [6.07, 6.45) is 7.22. The summed E-state index contributed by atoms with van der Waals surface area (Å²) in [5.41, 5.74) is 0.449. The van der Waals surface area contributed by atoms with E-state index in [1.54, 1.807) is 0 Å². The number of hydrogen-bond donors (Lipinski definition) is 3. The maximum absolute atomic E-state index is 11.7. The molecule has 0 heterocycles. The van der Waals surface area contributed by atoms with Crippen molar-refractivity contribution in [1.82, 2.24) is 5.32 Å². The Balaban J connectivity index is 2.19. The van der Waals surface area contributed by atoms with E-state index in [4.69, 9.17) is 0 Å². The van der Waals surface area contributed by atoms with Crippen LogP contribution in [-0.2, 0) is 11.2 Å². The second-order valence-electron chi connectivity index (χ2n) is 5.11. The van der Waals surface area contributed by atoms with Crippen molar-refractivity contribution in [2.24, 2.45) is 0 Å². The molecule has 0 aliphatic rings. The largest absolute Gasteiger partial charge is 0.508 e. The molecule has 4 heteroatoms. The van der Waals surface area contributed by atoms with Gasteiger partial charge in [-0.3, -0.25) is 4.79 Å². The lowest BCUT2D eigenvalue weighted by molar-refractivity contribution is -0.120. The Labute approximate surface area is 120 Å². The van der Waals surface area contributed by atoms with Crippen LogP contribution in [0.15, 0.2) is 18.2 Å². The first-order valence-corrected chi connectivity index (χ1v) is 7.41. The molecule has 20 heavy (non-hydrogen) atoms. The van der Waals surface area contributed by atoms with Gasteiger partial charge < -0.3 is 15.5 Å². The summed E-state index contributed by atoms with van der Waals surface area (Å²) in [4.78, 5) is 11.7. The summed E-state index contributed by atoms with van der Waals surface area (Å²) in [5.74, 6) is -0.0292. The fraction of sp³-hybridized carbons (Fsp3) is 0.562. The molecule has 1 aromatic rings. The number of carbonyl (C=O) groups excluding carboxylic acids is 1. The van der Waals surface area contributed by atoms with Gasteiger partial charge in [0, 0.05) is 12.1 Å². The van der Waals surface area contributed by atoms with Gasteiger partial charge in [-0.05, 0) is 24.6 Å². The third-order valence-electron chi connectivity index (χ3n) is 3.27. The van der Waals surface area contributed by atoms with Crippen LogP contribution in [0.1, 0.15) is 51.0 Å². The van der Waals surface area contributed by atoms with E-state index in [1.807, 2.05) is 0 Å². The Bertz CT molecular complexity index is 418. The number of rotatable bonds is 9. The van der Waals surface area contributed by atoms with Gasteiger partial charge in [0.1, 0.15) is 11.5 Å². The molecule has 4 nitrogen and oxygen atoms in total. The second kappa shape index (κ2) is 9.23. The molecule has 0 unspecified atom stereocenters. The van der Waals surface area contributed by atoms with Crippen LogP contribution in [0.25, 0.3) is 0 Å². The molecule has 0 spiro atoms. The molecular formula is C16H25NO3. The summed E-state index contributed by atoms with van der Waals surface area (Å²) in [5, 5.41) is 21.7. The minimum Gasteiger partial charge on any atom is -0.508 e. The lowest BCUT2D eigenvalue weighted by atomic mass is 10.1. The molecular weight excluding hydrogens is 254 g/mol. The Hall–Kier alpha value is -1.71. The summed E-state index contributed by atoms with van der Waals surface area (Å²) in [6, 6.07) is 4.21. The Kier molecular flexibility index (Phi) is 7.55. The number of phenolic OH excluding ortho intramolecular Hbond substituents is 2. The fourth-order valence-electron chi connectivity index (χ4n) is 2.08. The molecule has 1 amide bonds. The summed E-state index contributed by atoms with van der Waals surface area (Å²) >= 11 is 0. The van der Waals surface area contributed by atoms with Crippen LogP contribution < -0.4 is 5.32 Å². The standard InChI is InChI=1S/C16H25NO3/c1-2-3-4-5-6-7-10-17-16(20)12-13-11-14(18)8-9-15(13)19/h8-9,11,18-19H,2-7,10,12H2,1H3,(H,17,20). The number of aromatic hydroxyl groups is 2. The third kappa shape index (κ3) is 6.45. The second-order valence-corrected chi connectivity index (χ2v) is 5.11. The molecule has 1 rings (SSSR count). The van der Waals surface area contributed by atoms with Crippen LogP contribution >= 0.6 is 0 Å². The van der Waals surface area contributed by atoms with Gasteiger partial charge in [0.25, 0.3) is 0 Å². The van der Waals surface area contributed by atoms with Gasteiger partial charge in [-0.1, -0.05) is 39.0 Å². The lowest BCUT2D eigenvalue weighted by Crippen LogP contribution is -2.26. The van der Waals surface area contributed by atoms with Crippen molar-refractivity contribution in [3.05, 3.63) is 23.8 Å². The average molecular weight is 279 g/mol. The van der Waals surface area contributed by atoms with Crippen molar-refractivity contribution in [2.75, 3.05) is 6.54 Å². The highest BCUT2D eigenvalue weighted by atomic mass is 16.3. The zero-order chi connectivity index (χ0) is 14.8. The van der Waals surface area contributed by atoms with Crippen LogP contribution in [0.3, 0.4) is 0 Å². The molecule has 0 aliphatic carbocycles. The Morgan fingerprint density at radius 1 is 1.10 bits per heavy atom. The van der Waals surface area contributed by atoms with Crippen molar-refractivity contribution in [3.63, 3.8) is 0 Å². The van der Waals surface area contributed by atoms with Gasteiger partial charge in [0.15, 0.2) is 0 Å². The van der Waals surface area contributed by atoms with Crippen LogP contribution in [0, 0.1) is 0 Å². The number of nitrogens with one attached hydrogen (secondary N) is 1. The minimum atomic E-state index is -0.126. The average Bonchev–Trinajstić information content (AvgIpc) is 2.42. The molecule has 1 aromatic carbocycles. The number of carbonyl (C=O) groups is 1. The number of hydrogen-bond acceptors (Lipinski definition) is 3. The first-order valence-electron chi connectivity index (χ1n) is 7.41. The van der Waals surface area contributed by atoms with E-state index < -0.39 is 0 Å². The molecule has 0 atom stereocenters. The first-order chi connectivity index (χ1) is 9.63. The van der Waals surface area contributed by atoms with E-state index in [0.717, 1.165) is 12.8 Å².